The molecule has 3 heteroatoms. The van der Waals surface area contributed by atoms with Crippen LogP contribution in [-0.2, 0) is 0 Å². The van der Waals surface area contributed by atoms with Crippen molar-refractivity contribution in [2.75, 3.05) is 39.1 Å². The van der Waals surface area contributed by atoms with E-state index < -0.39 is 0 Å². The summed E-state index contributed by atoms with van der Waals surface area (Å²) in [7, 11) is 2.30. The number of fused-ring (bicyclic) bond motifs is 1. The number of hydrogen-bond acceptors (Lipinski definition) is 2. The predicted molar refractivity (Wildman–Crippen MR) is 70.1 cm³/mol. The van der Waals surface area contributed by atoms with Crippen molar-refractivity contribution in [2.24, 2.45) is 11.8 Å². The molecular formula is C13H25ClN2. The second kappa shape index (κ2) is 5.70. The van der Waals surface area contributed by atoms with Gasteiger partial charge in [0.1, 0.15) is 0 Å². The van der Waals surface area contributed by atoms with Crippen LogP contribution >= 0.6 is 11.6 Å². The van der Waals surface area contributed by atoms with Crippen molar-refractivity contribution in [3.8, 4) is 0 Å². The maximum atomic E-state index is 5.90. The summed E-state index contributed by atoms with van der Waals surface area (Å²) in [6.45, 7) is 7.32. The lowest BCUT2D eigenvalue weighted by Gasteiger charge is -2.46. The minimum Gasteiger partial charge on any atom is -0.303 e. The van der Waals surface area contributed by atoms with Gasteiger partial charge in [-0.3, -0.25) is 0 Å². The van der Waals surface area contributed by atoms with Crippen LogP contribution in [0.1, 0.15) is 26.2 Å². The first-order valence-electron chi connectivity index (χ1n) is 6.69. The Hall–Kier alpha value is 0.210. The molecule has 0 aliphatic carbocycles. The van der Waals surface area contributed by atoms with Gasteiger partial charge in [-0.1, -0.05) is 6.92 Å². The molecular weight excluding hydrogens is 220 g/mol. The van der Waals surface area contributed by atoms with Gasteiger partial charge in [-0.2, -0.15) is 0 Å². The second-order valence-corrected chi connectivity index (χ2v) is 6.07. The van der Waals surface area contributed by atoms with Crippen molar-refractivity contribution in [1.82, 2.24) is 9.80 Å². The lowest BCUT2D eigenvalue weighted by Crippen LogP contribution is -2.53. The SMILES string of the molecule is CC(CCl)CN1CCC2C(CCCN2C)C1. The molecule has 0 aromatic heterocycles. The number of hydrogen-bond donors (Lipinski definition) is 0. The summed E-state index contributed by atoms with van der Waals surface area (Å²) >= 11 is 5.90. The number of halogens is 1. The molecule has 2 rings (SSSR count). The van der Waals surface area contributed by atoms with Gasteiger partial charge in [-0.25, -0.2) is 0 Å². The van der Waals surface area contributed by atoms with Crippen LogP contribution in [0.5, 0.6) is 0 Å². The number of nitrogens with zero attached hydrogens (tertiary/aromatic N) is 2. The lowest BCUT2D eigenvalue weighted by atomic mass is 9.84. The number of piperidine rings is 2. The standard InChI is InChI=1S/C13H25ClN2/c1-11(8-14)9-16-7-5-13-12(10-16)4-3-6-15(13)2/h11-13H,3-10H2,1-2H3. The fourth-order valence-electron chi connectivity index (χ4n) is 3.38. The number of rotatable bonds is 3. The van der Waals surface area contributed by atoms with Gasteiger partial charge in [0, 0.05) is 25.0 Å². The summed E-state index contributed by atoms with van der Waals surface area (Å²) in [5.74, 6) is 2.35. The average Bonchev–Trinajstić information content (AvgIpc) is 2.29. The first-order valence-corrected chi connectivity index (χ1v) is 7.22. The van der Waals surface area contributed by atoms with Crippen LogP contribution in [0.15, 0.2) is 0 Å². The van der Waals surface area contributed by atoms with Crippen molar-refractivity contribution < 1.29 is 0 Å². The van der Waals surface area contributed by atoms with Crippen molar-refractivity contribution in [1.29, 1.82) is 0 Å². The third-order valence-corrected chi connectivity index (χ3v) is 4.79. The van der Waals surface area contributed by atoms with Gasteiger partial charge < -0.3 is 9.80 Å². The van der Waals surface area contributed by atoms with Gasteiger partial charge in [0.25, 0.3) is 0 Å². The highest BCUT2D eigenvalue weighted by Crippen LogP contribution is 2.29. The third kappa shape index (κ3) is 2.91. The molecule has 2 fully saturated rings. The van der Waals surface area contributed by atoms with Crippen molar-refractivity contribution >= 4 is 11.6 Å². The van der Waals surface area contributed by atoms with E-state index in [9.17, 15) is 0 Å². The number of likely N-dealkylation sites (tertiary alicyclic amines) is 2. The van der Waals surface area contributed by atoms with E-state index in [1.54, 1.807) is 0 Å². The van der Waals surface area contributed by atoms with Gasteiger partial charge in [0.2, 0.25) is 0 Å². The molecule has 2 aliphatic rings. The van der Waals surface area contributed by atoms with E-state index in [1.807, 2.05) is 0 Å². The Kier molecular flexibility index (Phi) is 4.51. The molecule has 0 bridgehead atoms. The molecule has 0 saturated carbocycles. The van der Waals surface area contributed by atoms with Gasteiger partial charge in [-0.05, 0) is 51.2 Å². The Morgan fingerprint density at radius 1 is 1.31 bits per heavy atom. The fourth-order valence-corrected chi connectivity index (χ4v) is 3.48. The monoisotopic (exact) mass is 244 g/mol. The molecule has 2 saturated heterocycles. The zero-order chi connectivity index (χ0) is 11.5. The molecule has 2 nitrogen and oxygen atoms in total. The Balaban J connectivity index is 1.85. The quantitative estimate of drug-likeness (QED) is 0.703. The third-order valence-electron chi connectivity index (χ3n) is 4.26. The Morgan fingerprint density at radius 3 is 2.88 bits per heavy atom. The van der Waals surface area contributed by atoms with Crippen molar-refractivity contribution in [3.63, 3.8) is 0 Å². The van der Waals surface area contributed by atoms with Gasteiger partial charge >= 0.3 is 0 Å². The topological polar surface area (TPSA) is 6.48 Å². The molecule has 0 radical (unpaired) electrons. The van der Waals surface area contributed by atoms with Crippen molar-refractivity contribution in [3.05, 3.63) is 0 Å². The molecule has 2 heterocycles. The summed E-state index contributed by atoms with van der Waals surface area (Å²) in [5, 5.41) is 0. The molecule has 0 aromatic rings. The highest BCUT2D eigenvalue weighted by Gasteiger charge is 2.34. The largest absolute Gasteiger partial charge is 0.303 e. The molecule has 0 N–H and O–H groups in total. The smallest absolute Gasteiger partial charge is 0.0261 e. The van der Waals surface area contributed by atoms with Gasteiger partial charge in [-0.15, -0.1) is 11.6 Å². The van der Waals surface area contributed by atoms with Gasteiger partial charge in [0.15, 0.2) is 0 Å². The summed E-state index contributed by atoms with van der Waals surface area (Å²) < 4.78 is 0. The Bertz CT molecular complexity index is 222. The minimum atomic E-state index is 0.638. The van der Waals surface area contributed by atoms with E-state index in [1.165, 1.54) is 45.4 Å². The van der Waals surface area contributed by atoms with E-state index in [2.05, 4.69) is 23.8 Å². The van der Waals surface area contributed by atoms with Crippen LogP contribution in [0.25, 0.3) is 0 Å². The highest BCUT2D eigenvalue weighted by molar-refractivity contribution is 6.18. The molecule has 16 heavy (non-hydrogen) atoms. The highest BCUT2D eigenvalue weighted by atomic mass is 35.5. The predicted octanol–water partition coefficient (Wildman–Crippen LogP) is 2.28. The van der Waals surface area contributed by atoms with Crippen LogP contribution < -0.4 is 0 Å². The zero-order valence-electron chi connectivity index (χ0n) is 10.7. The summed E-state index contributed by atoms with van der Waals surface area (Å²) in [6, 6.07) is 0.858. The van der Waals surface area contributed by atoms with Crippen molar-refractivity contribution in [2.45, 2.75) is 32.2 Å². The molecule has 0 aromatic carbocycles. The van der Waals surface area contributed by atoms with Crippen LogP contribution in [-0.4, -0.2) is 54.9 Å². The van der Waals surface area contributed by atoms with Gasteiger partial charge in [0.05, 0.1) is 0 Å². The van der Waals surface area contributed by atoms with E-state index >= 15 is 0 Å². The van der Waals surface area contributed by atoms with E-state index in [4.69, 9.17) is 11.6 Å². The first-order chi connectivity index (χ1) is 7.70. The van der Waals surface area contributed by atoms with Crippen LogP contribution in [0.4, 0.5) is 0 Å². The Labute approximate surface area is 105 Å². The van der Waals surface area contributed by atoms with E-state index in [-0.39, 0.29) is 0 Å². The fraction of sp³-hybridized carbons (Fsp3) is 1.00. The summed E-state index contributed by atoms with van der Waals surface area (Å²) in [4.78, 5) is 5.21. The normalized spacial score (nSPS) is 34.7. The molecule has 2 aliphatic heterocycles. The average molecular weight is 245 g/mol. The molecule has 0 spiro atoms. The van der Waals surface area contributed by atoms with E-state index in [0.717, 1.165) is 17.8 Å². The van der Waals surface area contributed by atoms with Crippen LogP contribution in [0.2, 0.25) is 0 Å². The maximum Gasteiger partial charge on any atom is 0.0261 e. The molecule has 3 atom stereocenters. The molecule has 94 valence electrons. The molecule has 0 amide bonds. The molecule has 3 unspecified atom stereocenters. The summed E-state index contributed by atoms with van der Waals surface area (Å²) in [6.07, 6.45) is 4.17. The van der Waals surface area contributed by atoms with Crippen LogP contribution in [0.3, 0.4) is 0 Å². The lowest BCUT2D eigenvalue weighted by molar-refractivity contribution is 0.0345. The first kappa shape index (κ1) is 12.7. The maximum absolute atomic E-state index is 5.90. The minimum absolute atomic E-state index is 0.638. The zero-order valence-corrected chi connectivity index (χ0v) is 11.4. The Morgan fingerprint density at radius 2 is 2.12 bits per heavy atom. The summed E-state index contributed by atoms with van der Waals surface area (Å²) in [5.41, 5.74) is 0. The second-order valence-electron chi connectivity index (χ2n) is 5.76. The van der Waals surface area contributed by atoms with Crippen LogP contribution in [0, 0.1) is 11.8 Å². The number of alkyl halides is 1. The van der Waals surface area contributed by atoms with E-state index in [0.29, 0.717) is 5.92 Å².